The summed E-state index contributed by atoms with van der Waals surface area (Å²) in [5.41, 5.74) is 23.2. The second-order valence-corrected chi connectivity index (χ2v) is 23.3. The summed E-state index contributed by atoms with van der Waals surface area (Å²) in [6.07, 6.45) is 0. The highest BCUT2D eigenvalue weighted by Gasteiger charge is 2.47. The molecule has 2 aliphatic rings. The minimum atomic E-state index is -0.0353. The average molecular weight is 836 g/mol. The van der Waals surface area contributed by atoms with Crippen molar-refractivity contribution in [3.8, 4) is 0 Å². The standard InChI is InChI=1S/C60H62BN3/c1-35-15-23-41(24-16-35)62-49-27-17-36(2)31-45(49)61-46-34-40(60(12,13)14)22-30-50(46)63(42-25-18-37(19-26-42)57(3,4)5)56-52-44-33-39(59(9,10)11)21-29-48(44)64-47-28-20-38(58(6,7)8)32-43(47)51(54(52)64)55(62)53(56)61/h15-34H,1-14H3. The van der Waals surface area contributed by atoms with E-state index in [0.29, 0.717) is 0 Å². The van der Waals surface area contributed by atoms with Crippen LogP contribution in [0.25, 0.3) is 38.1 Å². The maximum atomic E-state index is 2.66. The summed E-state index contributed by atoms with van der Waals surface area (Å²) in [5, 5.41) is 5.29. The normalized spacial score (nSPS) is 14.3. The fraction of sp³-hybridized carbons (Fsp3) is 0.300. The van der Waals surface area contributed by atoms with Gasteiger partial charge in [0.2, 0.25) is 0 Å². The molecule has 9 aromatic rings. The Kier molecular flexibility index (Phi) is 8.46. The van der Waals surface area contributed by atoms with Crippen LogP contribution in [0.4, 0.5) is 34.1 Å². The fourth-order valence-electron chi connectivity index (χ4n) is 11.0. The summed E-state index contributed by atoms with van der Waals surface area (Å²) in [5.74, 6) is 0. The molecule has 0 N–H and O–H groups in total. The molecule has 2 aromatic heterocycles. The second kappa shape index (κ2) is 13.3. The van der Waals surface area contributed by atoms with Gasteiger partial charge in [-0.05, 0) is 135 Å². The molecule has 0 bridgehead atoms. The lowest BCUT2D eigenvalue weighted by Gasteiger charge is -2.45. The van der Waals surface area contributed by atoms with Gasteiger partial charge >= 0.3 is 0 Å². The van der Waals surface area contributed by atoms with E-state index in [1.165, 1.54) is 122 Å². The minimum Gasteiger partial charge on any atom is -0.311 e. The lowest BCUT2D eigenvalue weighted by Crippen LogP contribution is -2.61. The van der Waals surface area contributed by atoms with E-state index in [0.717, 1.165) is 0 Å². The van der Waals surface area contributed by atoms with Gasteiger partial charge in [0.05, 0.1) is 27.9 Å². The van der Waals surface area contributed by atoms with Crippen molar-refractivity contribution >= 4 is 95.3 Å². The molecule has 0 spiro atoms. The first-order valence-corrected chi connectivity index (χ1v) is 23.5. The zero-order chi connectivity index (χ0) is 45.2. The summed E-state index contributed by atoms with van der Waals surface area (Å²) in [6, 6.07) is 48.0. The molecule has 0 aliphatic carbocycles. The first kappa shape index (κ1) is 40.8. The summed E-state index contributed by atoms with van der Waals surface area (Å²) < 4.78 is 2.62. The van der Waals surface area contributed by atoms with Gasteiger partial charge in [-0.15, -0.1) is 0 Å². The molecule has 0 radical (unpaired) electrons. The molecule has 0 fully saturated rings. The van der Waals surface area contributed by atoms with Gasteiger partial charge in [0, 0.05) is 44.3 Å². The van der Waals surface area contributed by atoms with E-state index in [1.54, 1.807) is 0 Å². The van der Waals surface area contributed by atoms with Crippen LogP contribution in [-0.4, -0.2) is 11.1 Å². The van der Waals surface area contributed by atoms with E-state index >= 15 is 0 Å². The predicted molar refractivity (Wildman–Crippen MR) is 279 cm³/mol. The molecule has 11 rings (SSSR count). The van der Waals surface area contributed by atoms with Gasteiger partial charge in [-0.2, -0.15) is 0 Å². The quantitative estimate of drug-likeness (QED) is 0.161. The number of hydrogen-bond donors (Lipinski definition) is 0. The summed E-state index contributed by atoms with van der Waals surface area (Å²) in [6.45, 7) is 32.5. The van der Waals surface area contributed by atoms with Crippen LogP contribution in [0.3, 0.4) is 0 Å². The Balaban J connectivity index is 1.43. The van der Waals surface area contributed by atoms with E-state index in [2.05, 4.69) is 232 Å². The van der Waals surface area contributed by atoms with Gasteiger partial charge < -0.3 is 14.2 Å². The van der Waals surface area contributed by atoms with E-state index in [9.17, 15) is 0 Å². The van der Waals surface area contributed by atoms with Gasteiger partial charge in [-0.25, -0.2) is 0 Å². The highest BCUT2D eigenvalue weighted by atomic mass is 15.2. The number of hydrogen-bond acceptors (Lipinski definition) is 2. The largest absolute Gasteiger partial charge is 0.311 e. The molecule has 4 heterocycles. The highest BCUT2D eigenvalue weighted by molar-refractivity contribution is 7.01. The van der Waals surface area contributed by atoms with Crippen LogP contribution in [-0.2, 0) is 21.7 Å². The van der Waals surface area contributed by atoms with Crippen LogP contribution >= 0.6 is 0 Å². The van der Waals surface area contributed by atoms with E-state index in [-0.39, 0.29) is 28.4 Å². The van der Waals surface area contributed by atoms with Crippen molar-refractivity contribution in [2.24, 2.45) is 0 Å². The molecule has 7 aromatic carbocycles. The number of aromatic nitrogens is 1. The van der Waals surface area contributed by atoms with Gasteiger partial charge in [-0.1, -0.05) is 155 Å². The monoisotopic (exact) mass is 836 g/mol. The van der Waals surface area contributed by atoms with Crippen LogP contribution in [0.5, 0.6) is 0 Å². The van der Waals surface area contributed by atoms with Crippen molar-refractivity contribution in [3.63, 3.8) is 0 Å². The van der Waals surface area contributed by atoms with Crippen molar-refractivity contribution in [2.45, 2.75) is 119 Å². The van der Waals surface area contributed by atoms with Crippen molar-refractivity contribution in [1.82, 2.24) is 4.40 Å². The average Bonchev–Trinajstić information content (AvgIpc) is 3.74. The van der Waals surface area contributed by atoms with Crippen LogP contribution in [0, 0.1) is 13.8 Å². The zero-order valence-corrected chi connectivity index (χ0v) is 40.5. The third kappa shape index (κ3) is 5.86. The first-order valence-electron chi connectivity index (χ1n) is 23.5. The van der Waals surface area contributed by atoms with E-state index < -0.39 is 0 Å². The fourth-order valence-corrected chi connectivity index (χ4v) is 11.0. The summed E-state index contributed by atoms with van der Waals surface area (Å²) >= 11 is 0. The van der Waals surface area contributed by atoms with Crippen LogP contribution in [0.1, 0.15) is 116 Å². The second-order valence-electron chi connectivity index (χ2n) is 23.3. The molecular formula is C60H62BN3. The molecule has 0 atom stereocenters. The molecular weight excluding hydrogens is 773 g/mol. The summed E-state index contributed by atoms with van der Waals surface area (Å²) in [7, 11) is 0. The molecule has 3 nitrogen and oxygen atoms in total. The maximum absolute atomic E-state index is 2.66. The van der Waals surface area contributed by atoms with E-state index in [1.807, 2.05) is 0 Å². The van der Waals surface area contributed by atoms with Gasteiger partial charge in [0.1, 0.15) is 0 Å². The highest BCUT2D eigenvalue weighted by Crippen LogP contribution is 2.55. The van der Waals surface area contributed by atoms with Gasteiger partial charge in [0.25, 0.3) is 6.71 Å². The Morgan fingerprint density at radius 1 is 0.391 bits per heavy atom. The van der Waals surface area contributed by atoms with Crippen LogP contribution in [0.2, 0.25) is 0 Å². The molecule has 0 saturated carbocycles. The third-order valence-corrected chi connectivity index (χ3v) is 14.6. The third-order valence-electron chi connectivity index (χ3n) is 14.6. The smallest absolute Gasteiger partial charge is 0.252 e. The minimum absolute atomic E-state index is 0.0105. The number of rotatable bonds is 2. The Bertz CT molecular complexity index is 3370. The van der Waals surface area contributed by atoms with Crippen LogP contribution < -0.4 is 26.2 Å². The van der Waals surface area contributed by atoms with Crippen molar-refractivity contribution < 1.29 is 0 Å². The predicted octanol–water partition coefficient (Wildman–Crippen LogP) is 14.7. The Morgan fingerprint density at radius 2 is 0.781 bits per heavy atom. The van der Waals surface area contributed by atoms with E-state index in [4.69, 9.17) is 0 Å². The lowest BCUT2D eigenvalue weighted by atomic mass is 9.33. The molecule has 2 aliphatic heterocycles. The number of nitrogens with zero attached hydrogens (tertiary/aromatic N) is 3. The molecule has 64 heavy (non-hydrogen) atoms. The Morgan fingerprint density at radius 3 is 1.27 bits per heavy atom. The maximum Gasteiger partial charge on any atom is 0.252 e. The molecule has 320 valence electrons. The Labute approximate surface area is 381 Å². The number of benzene rings is 7. The first-order chi connectivity index (χ1) is 30.1. The van der Waals surface area contributed by atoms with Crippen LogP contribution in [0.15, 0.2) is 121 Å². The van der Waals surface area contributed by atoms with Gasteiger partial charge in [0.15, 0.2) is 0 Å². The lowest BCUT2D eigenvalue weighted by molar-refractivity contribution is 0.590. The van der Waals surface area contributed by atoms with Crippen molar-refractivity contribution in [3.05, 3.63) is 155 Å². The molecule has 0 amide bonds. The SMILES string of the molecule is Cc1ccc(N2c3ccc(C)cc3B3c4cc(C(C)(C)C)ccc4N(c4ccc(C(C)(C)C)cc4)c4c3c2c2c3cc(C(C)(C)C)ccc3n3c5ccc(C(C)(C)C)cc5c4c23)cc1. The molecule has 0 unspecified atom stereocenters. The molecule has 0 saturated heterocycles. The zero-order valence-electron chi connectivity index (χ0n) is 40.5. The van der Waals surface area contributed by atoms with Crippen molar-refractivity contribution in [2.75, 3.05) is 9.80 Å². The topological polar surface area (TPSA) is 10.9 Å². The number of fused-ring (bicyclic) bond motifs is 12. The number of anilines is 6. The molecule has 4 heteroatoms. The van der Waals surface area contributed by atoms with Crippen molar-refractivity contribution in [1.29, 1.82) is 0 Å². The van der Waals surface area contributed by atoms with Gasteiger partial charge in [-0.3, -0.25) is 0 Å². The summed E-state index contributed by atoms with van der Waals surface area (Å²) in [4.78, 5) is 5.30. The number of aryl methyl sites for hydroxylation is 2. The Hall–Kier alpha value is -6.00.